The molecule has 33 heavy (non-hydrogen) atoms. The van der Waals surface area contributed by atoms with Gasteiger partial charge in [0.2, 0.25) is 0 Å². The fourth-order valence-corrected chi connectivity index (χ4v) is 5.06. The van der Waals surface area contributed by atoms with Gasteiger partial charge in [-0.15, -0.1) is 0 Å². The van der Waals surface area contributed by atoms with Gasteiger partial charge in [-0.2, -0.15) is 0 Å². The van der Waals surface area contributed by atoms with Crippen LogP contribution in [0.5, 0.6) is 0 Å². The monoisotopic (exact) mass is 444 g/mol. The fourth-order valence-electron chi connectivity index (χ4n) is 5.06. The number of hydrogen-bond acceptors (Lipinski definition) is 4. The van der Waals surface area contributed by atoms with Crippen LogP contribution in [0.25, 0.3) is 10.8 Å². The number of aliphatic carboxylic acids is 1. The third-order valence-corrected chi connectivity index (χ3v) is 6.68. The summed E-state index contributed by atoms with van der Waals surface area (Å²) in [6.45, 7) is 7.84. The molecule has 2 amide bonds. The van der Waals surface area contributed by atoms with E-state index in [1.807, 2.05) is 32.2 Å². The Bertz CT molecular complexity index is 1300. The quantitative estimate of drug-likeness (QED) is 0.425. The van der Waals surface area contributed by atoms with Crippen LogP contribution >= 0.6 is 0 Å². The van der Waals surface area contributed by atoms with Gasteiger partial charge in [0, 0.05) is 36.0 Å². The molecule has 0 aromatic heterocycles. The van der Waals surface area contributed by atoms with Crippen LogP contribution in [0, 0.1) is 0 Å². The lowest BCUT2D eigenvalue weighted by Crippen LogP contribution is -2.44. The highest BCUT2D eigenvalue weighted by atomic mass is 16.4. The highest BCUT2D eigenvalue weighted by molar-refractivity contribution is 6.26. The Morgan fingerprint density at radius 2 is 1.76 bits per heavy atom. The van der Waals surface area contributed by atoms with Gasteiger partial charge < -0.3 is 10.0 Å². The standard InChI is InChI=1S/C27H28N2O4/c1-6-15-29-24(30)18(16(2)22(25(29)31)26(32)33)12-14-21-27(3,4)23-19-10-8-7-9-17(19)11-13-20(23)28(21)5/h7-14H,6,15H2,1-5H3,(H,32,33)/b18-12-,21-14+. The van der Waals surface area contributed by atoms with Crippen LogP contribution in [0.1, 0.15) is 39.7 Å². The molecule has 2 aromatic rings. The second-order valence-corrected chi connectivity index (χ2v) is 9.06. The second kappa shape index (κ2) is 8.03. The van der Waals surface area contributed by atoms with E-state index in [-0.39, 0.29) is 28.7 Å². The lowest BCUT2D eigenvalue weighted by atomic mass is 9.81. The summed E-state index contributed by atoms with van der Waals surface area (Å²) in [4.78, 5) is 40.7. The van der Waals surface area contributed by atoms with E-state index in [9.17, 15) is 19.5 Å². The van der Waals surface area contributed by atoms with E-state index in [2.05, 4.69) is 43.0 Å². The van der Waals surface area contributed by atoms with Crippen LogP contribution in [-0.4, -0.2) is 41.4 Å². The number of anilines is 1. The summed E-state index contributed by atoms with van der Waals surface area (Å²) in [5.41, 5.74) is 3.04. The predicted molar refractivity (Wildman–Crippen MR) is 129 cm³/mol. The smallest absolute Gasteiger partial charge is 0.341 e. The van der Waals surface area contributed by atoms with E-state index >= 15 is 0 Å². The molecule has 6 nitrogen and oxygen atoms in total. The van der Waals surface area contributed by atoms with Gasteiger partial charge in [0.25, 0.3) is 11.8 Å². The maximum absolute atomic E-state index is 13.1. The third-order valence-electron chi connectivity index (χ3n) is 6.68. The molecule has 4 rings (SSSR count). The van der Waals surface area contributed by atoms with Crippen LogP contribution in [-0.2, 0) is 19.8 Å². The number of carbonyl (C=O) groups is 3. The largest absolute Gasteiger partial charge is 0.477 e. The van der Waals surface area contributed by atoms with Gasteiger partial charge in [0.05, 0.1) is 0 Å². The van der Waals surface area contributed by atoms with Gasteiger partial charge in [-0.3, -0.25) is 14.5 Å². The van der Waals surface area contributed by atoms with Crippen LogP contribution in [0.3, 0.4) is 0 Å². The molecule has 2 aromatic carbocycles. The molecule has 2 heterocycles. The summed E-state index contributed by atoms with van der Waals surface area (Å²) >= 11 is 0. The van der Waals surface area contributed by atoms with Crippen LogP contribution in [0.4, 0.5) is 5.69 Å². The van der Waals surface area contributed by atoms with Gasteiger partial charge in [-0.1, -0.05) is 51.1 Å². The first-order valence-corrected chi connectivity index (χ1v) is 11.1. The summed E-state index contributed by atoms with van der Waals surface area (Å²) in [6, 6.07) is 12.5. The van der Waals surface area contributed by atoms with Crippen LogP contribution < -0.4 is 4.90 Å². The Balaban J connectivity index is 1.87. The number of likely N-dealkylation sites (N-methyl/N-ethyl adjacent to an activating group) is 1. The number of carboxylic acids is 1. The SMILES string of the molecule is CCCN1C(=O)C(C(=O)O)=C(C)/C(=C/C=C2/N(C)c3ccc4ccccc4c3C2(C)C)C1=O. The summed E-state index contributed by atoms with van der Waals surface area (Å²) < 4.78 is 0. The molecule has 0 bridgehead atoms. The Kier molecular flexibility index (Phi) is 5.48. The van der Waals surface area contributed by atoms with Crippen molar-refractivity contribution in [3.63, 3.8) is 0 Å². The van der Waals surface area contributed by atoms with Gasteiger partial charge in [-0.05, 0) is 53.5 Å². The number of allylic oxidation sites excluding steroid dienone is 3. The fraction of sp³-hybridized carbons (Fsp3) is 0.296. The number of amides is 2. The molecule has 2 aliphatic rings. The van der Waals surface area contributed by atoms with E-state index in [1.165, 1.54) is 23.3 Å². The highest BCUT2D eigenvalue weighted by Gasteiger charge is 2.41. The van der Waals surface area contributed by atoms with Crippen molar-refractivity contribution in [3.8, 4) is 0 Å². The van der Waals surface area contributed by atoms with Crippen molar-refractivity contribution in [3.05, 3.63) is 76.5 Å². The van der Waals surface area contributed by atoms with Gasteiger partial charge in [0.15, 0.2) is 0 Å². The first-order chi connectivity index (χ1) is 15.6. The van der Waals surface area contributed by atoms with Crippen molar-refractivity contribution in [2.75, 3.05) is 18.5 Å². The first kappa shape index (κ1) is 22.5. The maximum atomic E-state index is 13.1. The van der Waals surface area contributed by atoms with Gasteiger partial charge >= 0.3 is 5.97 Å². The number of imide groups is 1. The molecule has 0 fully saturated rings. The topological polar surface area (TPSA) is 77.9 Å². The van der Waals surface area contributed by atoms with Gasteiger partial charge in [-0.25, -0.2) is 4.79 Å². The number of carboxylic acid groups (broad SMARTS) is 1. The average Bonchev–Trinajstić information content (AvgIpc) is 2.96. The van der Waals surface area contributed by atoms with Crippen molar-refractivity contribution in [1.82, 2.24) is 4.90 Å². The summed E-state index contributed by atoms with van der Waals surface area (Å²) in [6.07, 6.45) is 4.10. The minimum Gasteiger partial charge on any atom is -0.477 e. The Hall–Kier alpha value is -3.67. The van der Waals surface area contributed by atoms with Crippen LogP contribution in [0.2, 0.25) is 0 Å². The molecule has 6 heteroatoms. The van der Waals surface area contributed by atoms with E-state index in [0.29, 0.717) is 6.42 Å². The number of hydrogen-bond donors (Lipinski definition) is 1. The molecular weight excluding hydrogens is 416 g/mol. The van der Waals surface area contributed by atoms with Crippen molar-refractivity contribution in [2.24, 2.45) is 0 Å². The molecule has 1 N–H and O–H groups in total. The molecule has 0 atom stereocenters. The molecule has 0 spiro atoms. The van der Waals surface area contributed by atoms with E-state index in [1.54, 1.807) is 6.08 Å². The van der Waals surface area contributed by atoms with Crippen molar-refractivity contribution < 1.29 is 19.5 Å². The minimum atomic E-state index is -1.32. The molecule has 0 unspecified atom stereocenters. The number of benzene rings is 2. The molecule has 0 radical (unpaired) electrons. The number of fused-ring (bicyclic) bond motifs is 3. The zero-order chi connectivity index (χ0) is 24.1. The second-order valence-electron chi connectivity index (χ2n) is 9.06. The Labute approximate surface area is 193 Å². The zero-order valence-electron chi connectivity index (χ0n) is 19.6. The molecule has 2 aliphatic heterocycles. The average molecular weight is 445 g/mol. The Morgan fingerprint density at radius 3 is 2.42 bits per heavy atom. The zero-order valence-corrected chi connectivity index (χ0v) is 19.6. The Morgan fingerprint density at radius 1 is 1.06 bits per heavy atom. The van der Waals surface area contributed by atoms with Crippen molar-refractivity contribution >= 4 is 34.2 Å². The summed E-state index contributed by atoms with van der Waals surface area (Å²) in [5, 5.41) is 12.0. The van der Waals surface area contributed by atoms with E-state index in [4.69, 9.17) is 0 Å². The maximum Gasteiger partial charge on any atom is 0.341 e. The van der Waals surface area contributed by atoms with Crippen molar-refractivity contribution in [1.29, 1.82) is 0 Å². The van der Waals surface area contributed by atoms with Gasteiger partial charge in [0.1, 0.15) is 5.57 Å². The number of carbonyl (C=O) groups excluding carboxylic acids is 2. The van der Waals surface area contributed by atoms with E-state index in [0.717, 1.165) is 16.3 Å². The summed E-state index contributed by atoms with van der Waals surface area (Å²) in [5.74, 6) is -2.52. The molecule has 0 saturated carbocycles. The predicted octanol–water partition coefficient (Wildman–Crippen LogP) is 4.56. The highest BCUT2D eigenvalue weighted by Crippen LogP contribution is 2.50. The minimum absolute atomic E-state index is 0.179. The van der Waals surface area contributed by atoms with Crippen LogP contribution in [0.15, 0.2) is 71.0 Å². The van der Waals surface area contributed by atoms with Crippen molar-refractivity contribution in [2.45, 2.75) is 39.5 Å². The molecule has 170 valence electrons. The number of nitrogens with zero attached hydrogens (tertiary/aromatic N) is 2. The molecule has 0 saturated heterocycles. The summed E-state index contributed by atoms with van der Waals surface area (Å²) in [7, 11) is 1.99. The molecular formula is C27H28N2O4. The lowest BCUT2D eigenvalue weighted by Gasteiger charge is -2.28. The number of rotatable bonds is 4. The lowest BCUT2D eigenvalue weighted by molar-refractivity contribution is -0.143. The molecule has 0 aliphatic carbocycles. The van der Waals surface area contributed by atoms with E-state index < -0.39 is 17.8 Å². The first-order valence-electron chi connectivity index (χ1n) is 11.1. The normalized spacial score (nSPS) is 20.4. The third kappa shape index (κ3) is 3.37.